The summed E-state index contributed by atoms with van der Waals surface area (Å²) in [5, 5.41) is 2.30. The van der Waals surface area contributed by atoms with Gasteiger partial charge in [-0.2, -0.15) is 13.2 Å². The molecular weight excluding hydrogens is 561 g/mol. The molecule has 0 fully saturated rings. The first-order valence-electron chi connectivity index (χ1n) is 12.2. The van der Waals surface area contributed by atoms with E-state index < -0.39 is 45.3 Å². The Balaban J connectivity index is 1.77. The molecule has 5 nitrogen and oxygen atoms in total. The molecule has 1 amide bonds. The fraction of sp³-hybridized carbons (Fsp3) is 0.167. The van der Waals surface area contributed by atoms with Gasteiger partial charge in [0, 0.05) is 0 Å². The summed E-state index contributed by atoms with van der Waals surface area (Å²) >= 11 is 5.79. The minimum Gasteiger partial charge on any atom is -0.344 e. The zero-order valence-electron chi connectivity index (χ0n) is 21.6. The third-order valence-corrected chi connectivity index (χ3v) is 8.49. The largest absolute Gasteiger partial charge is 0.417 e. The number of rotatable bonds is 8. The monoisotopic (exact) mass is 586 g/mol. The normalized spacial score (nSPS) is 12.6. The number of carbonyl (C=O) groups excluding carboxylic acids is 1. The number of sulfonamides is 1. The highest BCUT2D eigenvalue weighted by Gasteiger charge is 2.36. The van der Waals surface area contributed by atoms with E-state index in [1.807, 2.05) is 61.5 Å². The molecule has 10 heteroatoms. The molecule has 0 aliphatic heterocycles. The molecule has 0 radical (unpaired) electrons. The first-order chi connectivity index (χ1) is 18.9. The van der Waals surface area contributed by atoms with Gasteiger partial charge in [-0.25, -0.2) is 8.42 Å². The van der Waals surface area contributed by atoms with Crippen molar-refractivity contribution in [2.75, 3.05) is 10.8 Å². The second kappa shape index (κ2) is 11.7. The fourth-order valence-corrected chi connectivity index (χ4v) is 5.91. The van der Waals surface area contributed by atoms with Crippen LogP contribution in [0.25, 0.3) is 0 Å². The van der Waals surface area contributed by atoms with E-state index in [0.717, 1.165) is 34.4 Å². The number of anilines is 1. The molecular formula is C30H26ClF3N2O3S. The zero-order valence-corrected chi connectivity index (χ0v) is 23.2. The van der Waals surface area contributed by atoms with Gasteiger partial charge in [-0.05, 0) is 60.9 Å². The van der Waals surface area contributed by atoms with Gasteiger partial charge in [0.2, 0.25) is 5.91 Å². The first kappa shape index (κ1) is 29.2. The summed E-state index contributed by atoms with van der Waals surface area (Å²) in [6.07, 6.45) is -4.84. The second-order valence-electron chi connectivity index (χ2n) is 9.25. The van der Waals surface area contributed by atoms with Gasteiger partial charge >= 0.3 is 6.18 Å². The van der Waals surface area contributed by atoms with Crippen LogP contribution >= 0.6 is 11.6 Å². The third-order valence-electron chi connectivity index (χ3n) is 6.38. The van der Waals surface area contributed by atoms with E-state index in [1.54, 1.807) is 19.1 Å². The Morgan fingerprint density at radius 3 is 2.15 bits per heavy atom. The summed E-state index contributed by atoms with van der Waals surface area (Å²) in [5.41, 5.74) is 1.67. The van der Waals surface area contributed by atoms with Gasteiger partial charge in [0.1, 0.15) is 6.54 Å². The number of hydrogen-bond donors (Lipinski definition) is 1. The predicted molar refractivity (Wildman–Crippen MR) is 150 cm³/mol. The average Bonchev–Trinajstić information content (AvgIpc) is 2.91. The van der Waals surface area contributed by atoms with Crippen LogP contribution in [0.4, 0.5) is 18.9 Å². The lowest BCUT2D eigenvalue weighted by molar-refractivity contribution is -0.137. The van der Waals surface area contributed by atoms with E-state index in [4.69, 9.17) is 11.6 Å². The lowest BCUT2D eigenvalue weighted by atomic mass is 9.95. The third kappa shape index (κ3) is 6.48. The smallest absolute Gasteiger partial charge is 0.344 e. The molecule has 0 unspecified atom stereocenters. The molecule has 0 saturated heterocycles. The van der Waals surface area contributed by atoms with Crippen molar-refractivity contribution in [1.29, 1.82) is 0 Å². The lowest BCUT2D eigenvalue weighted by Crippen LogP contribution is -2.42. The zero-order chi connectivity index (χ0) is 29.1. The first-order valence-corrected chi connectivity index (χ1v) is 14.1. The average molecular weight is 587 g/mol. The molecule has 0 aromatic heterocycles. The number of halogens is 4. The van der Waals surface area contributed by atoms with Crippen LogP contribution in [0.1, 0.15) is 33.9 Å². The summed E-state index contributed by atoms with van der Waals surface area (Å²) in [7, 11) is -4.45. The molecule has 0 aliphatic carbocycles. The number of nitrogens with one attached hydrogen (secondary N) is 1. The molecule has 4 rings (SSSR count). The molecule has 0 spiro atoms. The van der Waals surface area contributed by atoms with Gasteiger partial charge in [-0.3, -0.25) is 9.10 Å². The Morgan fingerprint density at radius 1 is 0.900 bits per heavy atom. The fourth-order valence-electron chi connectivity index (χ4n) is 4.27. The molecule has 0 heterocycles. The molecule has 1 N–H and O–H groups in total. The van der Waals surface area contributed by atoms with Crippen LogP contribution in [0.5, 0.6) is 0 Å². The van der Waals surface area contributed by atoms with Crippen LogP contribution in [0.2, 0.25) is 5.02 Å². The van der Waals surface area contributed by atoms with Crippen LogP contribution in [0.3, 0.4) is 0 Å². The van der Waals surface area contributed by atoms with Gasteiger partial charge in [0.05, 0.1) is 27.2 Å². The highest BCUT2D eigenvalue weighted by atomic mass is 35.5. The van der Waals surface area contributed by atoms with Crippen molar-refractivity contribution in [3.05, 3.63) is 130 Å². The van der Waals surface area contributed by atoms with Crippen molar-refractivity contribution in [2.45, 2.75) is 31.0 Å². The van der Waals surface area contributed by atoms with E-state index in [0.29, 0.717) is 10.4 Å². The molecule has 4 aromatic carbocycles. The van der Waals surface area contributed by atoms with Crippen molar-refractivity contribution < 1.29 is 26.4 Å². The Bertz CT molecular complexity index is 1610. The van der Waals surface area contributed by atoms with Gasteiger partial charge in [-0.15, -0.1) is 0 Å². The molecule has 0 saturated carbocycles. The van der Waals surface area contributed by atoms with Crippen molar-refractivity contribution in [3.8, 4) is 0 Å². The summed E-state index contributed by atoms with van der Waals surface area (Å²) in [6.45, 7) is 2.88. The predicted octanol–water partition coefficient (Wildman–Crippen LogP) is 7.08. The summed E-state index contributed by atoms with van der Waals surface area (Å²) < 4.78 is 69.2. The van der Waals surface area contributed by atoms with Crippen LogP contribution < -0.4 is 9.62 Å². The van der Waals surface area contributed by atoms with Crippen molar-refractivity contribution >= 4 is 33.2 Å². The topological polar surface area (TPSA) is 66.5 Å². The summed E-state index contributed by atoms with van der Waals surface area (Å²) in [5.74, 6) is -0.712. The minimum absolute atomic E-state index is 0.173. The van der Waals surface area contributed by atoms with Crippen LogP contribution in [0, 0.1) is 13.8 Å². The summed E-state index contributed by atoms with van der Waals surface area (Å²) in [6, 6.07) is 24.5. The number of hydrogen-bond acceptors (Lipinski definition) is 3. The number of nitrogens with zero attached hydrogens (tertiary/aromatic N) is 1. The number of carbonyl (C=O) groups is 1. The van der Waals surface area contributed by atoms with Crippen molar-refractivity contribution in [3.63, 3.8) is 0 Å². The number of amides is 1. The highest BCUT2D eigenvalue weighted by Crippen LogP contribution is 2.38. The van der Waals surface area contributed by atoms with E-state index in [-0.39, 0.29) is 10.6 Å². The standard InChI is InChI=1S/C30H26ClF3N2O3S/c1-20-12-15-24(16-13-20)40(38,39)36(23-14-17-27(31)26(18-23)30(32,33)34)19-28(37)35-29(22-9-4-3-5-10-22)25-11-7-6-8-21(25)2/h3-18,29H,19H2,1-2H3,(H,35,37)/t29-/m1/s1. The van der Waals surface area contributed by atoms with E-state index in [2.05, 4.69) is 5.32 Å². The molecule has 0 aliphatic rings. The molecule has 40 heavy (non-hydrogen) atoms. The molecule has 0 bridgehead atoms. The second-order valence-corrected chi connectivity index (χ2v) is 11.5. The van der Waals surface area contributed by atoms with Crippen LogP contribution in [-0.4, -0.2) is 20.9 Å². The molecule has 1 atom stereocenters. The van der Waals surface area contributed by atoms with E-state index in [1.165, 1.54) is 12.1 Å². The maximum Gasteiger partial charge on any atom is 0.417 e. The number of alkyl halides is 3. The highest BCUT2D eigenvalue weighted by molar-refractivity contribution is 7.92. The Labute approximate surface area is 236 Å². The molecule has 208 valence electrons. The Hall–Kier alpha value is -3.82. The Kier molecular flexibility index (Phi) is 8.56. The van der Waals surface area contributed by atoms with Gasteiger partial charge in [0.15, 0.2) is 0 Å². The maximum absolute atomic E-state index is 13.7. The SMILES string of the molecule is Cc1ccc(S(=O)(=O)N(CC(=O)N[C@H](c2ccccc2)c2ccccc2C)c2ccc(Cl)c(C(F)(F)F)c2)cc1. The van der Waals surface area contributed by atoms with Crippen LogP contribution in [0.15, 0.2) is 102 Å². The molecule has 4 aromatic rings. The van der Waals surface area contributed by atoms with Crippen molar-refractivity contribution in [2.24, 2.45) is 0 Å². The number of benzene rings is 4. The lowest BCUT2D eigenvalue weighted by Gasteiger charge is -2.27. The number of aryl methyl sites for hydroxylation is 2. The van der Waals surface area contributed by atoms with Crippen LogP contribution in [-0.2, 0) is 21.0 Å². The van der Waals surface area contributed by atoms with Gasteiger partial charge in [-0.1, -0.05) is 83.9 Å². The van der Waals surface area contributed by atoms with Gasteiger partial charge in [0.25, 0.3) is 10.0 Å². The minimum atomic E-state index is -4.84. The Morgan fingerprint density at radius 2 is 1.52 bits per heavy atom. The van der Waals surface area contributed by atoms with E-state index in [9.17, 15) is 26.4 Å². The van der Waals surface area contributed by atoms with Crippen molar-refractivity contribution in [1.82, 2.24) is 5.32 Å². The summed E-state index contributed by atoms with van der Waals surface area (Å²) in [4.78, 5) is 13.3. The maximum atomic E-state index is 13.7. The quantitative estimate of drug-likeness (QED) is 0.240. The van der Waals surface area contributed by atoms with E-state index >= 15 is 0 Å². The van der Waals surface area contributed by atoms with Gasteiger partial charge < -0.3 is 5.32 Å².